The summed E-state index contributed by atoms with van der Waals surface area (Å²) in [4.78, 5) is 0. The van der Waals surface area contributed by atoms with Crippen molar-refractivity contribution in [3.8, 4) is 0 Å². The molecule has 0 saturated carbocycles. The SMILES string of the molecule is C[C@@H](O)c1cccc2ccoc12. The Morgan fingerprint density at radius 1 is 1.33 bits per heavy atom. The van der Waals surface area contributed by atoms with Gasteiger partial charge in [-0.3, -0.25) is 0 Å². The fourth-order valence-corrected chi connectivity index (χ4v) is 1.35. The summed E-state index contributed by atoms with van der Waals surface area (Å²) in [7, 11) is 0. The van der Waals surface area contributed by atoms with Crippen molar-refractivity contribution in [1.29, 1.82) is 0 Å². The normalized spacial score (nSPS) is 13.5. The van der Waals surface area contributed by atoms with Crippen molar-refractivity contribution in [2.24, 2.45) is 0 Å². The number of hydrogen-bond donors (Lipinski definition) is 1. The third-order valence-corrected chi connectivity index (χ3v) is 1.96. The third-order valence-electron chi connectivity index (χ3n) is 1.96. The highest BCUT2D eigenvalue weighted by Crippen LogP contribution is 2.24. The third kappa shape index (κ3) is 1.01. The van der Waals surface area contributed by atoms with E-state index in [4.69, 9.17) is 4.42 Å². The van der Waals surface area contributed by atoms with Crippen LogP contribution in [0.15, 0.2) is 34.9 Å². The van der Waals surface area contributed by atoms with Crippen LogP contribution >= 0.6 is 0 Å². The first-order valence-corrected chi connectivity index (χ1v) is 3.93. The molecule has 2 rings (SSSR count). The lowest BCUT2D eigenvalue weighted by Crippen LogP contribution is -1.90. The fourth-order valence-electron chi connectivity index (χ4n) is 1.35. The predicted molar refractivity (Wildman–Crippen MR) is 46.8 cm³/mol. The lowest BCUT2D eigenvalue weighted by Gasteiger charge is -2.03. The molecule has 0 fully saturated rings. The summed E-state index contributed by atoms with van der Waals surface area (Å²) in [6.07, 6.45) is 1.16. The Balaban J connectivity index is 2.73. The molecule has 1 atom stereocenters. The Labute approximate surface area is 70.4 Å². The highest BCUT2D eigenvalue weighted by atomic mass is 16.3. The summed E-state index contributed by atoms with van der Waals surface area (Å²) >= 11 is 0. The van der Waals surface area contributed by atoms with Crippen LogP contribution < -0.4 is 0 Å². The Hall–Kier alpha value is -1.28. The molecule has 0 radical (unpaired) electrons. The van der Waals surface area contributed by atoms with E-state index < -0.39 is 6.10 Å². The Kier molecular flexibility index (Phi) is 1.62. The first kappa shape index (κ1) is 7.37. The molecule has 1 heterocycles. The first-order chi connectivity index (χ1) is 5.79. The van der Waals surface area contributed by atoms with Crippen molar-refractivity contribution in [3.63, 3.8) is 0 Å². The number of fused-ring (bicyclic) bond motifs is 1. The maximum Gasteiger partial charge on any atom is 0.139 e. The second-order valence-corrected chi connectivity index (χ2v) is 2.86. The molecule has 1 N–H and O–H groups in total. The molecular formula is C10H10O2. The van der Waals surface area contributed by atoms with E-state index >= 15 is 0 Å². The van der Waals surface area contributed by atoms with Gasteiger partial charge < -0.3 is 9.52 Å². The Morgan fingerprint density at radius 3 is 2.92 bits per heavy atom. The van der Waals surface area contributed by atoms with Gasteiger partial charge in [-0.05, 0) is 13.0 Å². The smallest absolute Gasteiger partial charge is 0.139 e. The van der Waals surface area contributed by atoms with Crippen molar-refractivity contribution in [2.45, 2.75) is 13.0 Å². The van der Waals surface area contributed by atoms with Gasteiger partial charge in [-0.2, -0.15) is 0 Å². The van der Waals surface area contributed by atoms with Crippen LogP contribution in [0.2, 0.25) is 0 Å². The lowest BCUT2D eigenvalue weighted by atomic mass is 10.1. The van der Waals surface area contributed by atoms with Gasteiger partial charge in [0.1, 0.15) is 5.58 Å². The number of benzene rings is 1. The van der Waals surface area contributed by atoms with E-state index in [-0.39, 0.29) is 0 Å². The molecule has 0 aliphatic rings. The first-order valence-electron chi connectivity index (χ1n) is 3.93. The van der Waals surface area contributed by atoms with E-state index in [1.807, 2.05) is 24.3 Å². The molecule has 0 aliphatic carbocycles. The van der Waals surface area contributed by atoms with Crippen molar-refractivity contribution < 1.29 is 9.52 Å². The molecular weight excluding hydrogens is 152 g/mol. The summed E-state index contributed by atoms with van der Waals surface area (Å²) < 4.78 is 5.25. The number of para-hydroxylation sites is 1. The van der Waals surface area contributed by atoms with Crippen LogP contribution in [0.1, 0.15) is 18.6 Å². The largest absolute Gasteiger partial charge is 0.464 e. The predicted octanol–water partition coefficient (Wildman–Crippen LogP) is 2.49. The van der Waals surface area contributed by atoms with E-state index in [0.717, 1.165) is 16.5 Å². The van der Waals surface area contributed by atoms with Gasteiger partial charge in [0.15, 0.2) is 0 Å². The fraction of sp³-hybridized carbons (Fsp3) is 0.200. The minimum atomic E-state index is -0.472. The Morgan fingerprint density at radius 2 is 2.17 bits per heavy atom. The van der Waals surface area contributed by atoms with Gasteiger partial charge in [0.05, 0.1) is 12.4 Å². The lowest BCUT2D eigenvalue weighted by molar-refractivity contribution is 0.199. The van der Waals surface area contributed by atoms with E-state index in [1.165, 1.54) is 0 Å². The summed E-state index contributed by atoms with van der Waals surface area (Å²) in [5, 5.41) is 10.4. The van der Waals surface area contributed by atoms with Crippen LogP contribution in [0, 0.1) is 0 Å². The topological polar surface area (TPSA) is 33.4 Å². The van der Waals surface area contributed by atoms with Crippen LogP contribution in [0.25, 0.3) is 11.0 Å². The van der Waals surface area contributed by atoms with Crippen molar-refractivity contribution in [1.82, 2.24) is 0 Å². The van der Waals surface area contributed by atoms with Crippen LogP contribution in [0.4, 0.5) is 0 Å². The number of furan rings is 1. The standard InChI is InChI=1S/C10H10O2/c1-7(11)9-4-2-3-8-5-6-12-10(8)9/h2-7,11H,1H3/t7-/m1/s1. The summed E-state index contributed by atoms with van der Waals surface area (Å²) in [6, 6.07) is 7.64. The van der Waals surface area contributed by atoms with Crippen LogP contribution in [-0.4, -0.2) is 5.11 Å². The Bertz CT molecular complexity index is 387. The molecule has 2 nitrogen and oxygen atoms in total. The summed E-state index contributed by atoms with van der Waals surface area (Å²) in [6.45, 7) is 1.73. The molecule has 1 aromatic carbocycles. The molecule has 0 unspecified atom stereocenters. The van der Waals surface area contributed by atoms with E-state index in [9.17, 15) is 5.11 Å². The molecule has 12 heavy (non-hydrogen) atoms. The molecule has 0 aliphatic heterocycles. The molecule has 0 bridgehead atoms. The zero-order valence-electron chi connectivity index (χ0n) is 6.82. The second-order valence-electron chi connectivity index (χ2n) is 2.86. The molecule has 0 saturated heterocycles. The van der Waals surface area contributed by atoms with Crippen molar-refractivity contribution >= 4 is 11.0 Å². The monoisotopic (exact) mass is 162 g/mol. The van der Waals surface area contributed by atoms with Crippen LogP contribution in [0.5, 0.6) is 0 Å². The molecule has 1 aromatic heterocycles. The molecule has 62 valence electrons. The maximum atomic E-state index is 9.38. The number of hydrogen-bond acceptors (Lipinski definition) is 2. The number of rotatable bonds is 1. The minimum absolute atomic E-state index is 0.472. The van der Waals surface area contributed by atoms with Gasteiger partial charge in [0.2, 0.25) is 0 Å². The van der Waals surface area contributed by atoms with E-state index in [2.05, 4.69) is 0 Å². The van der Waals surface area contributed by atoms with E-state index in [1.54, 1.807) is 13.2 Å². The van der Waals surface area contributed by atoms with E-state index in [0.29, 0.717) is 0 Å². The van der Waals surface area contributed by atoms with Crippen molar-refractivity contribution in [3.05, 3.63) is 36.1 Å². The zero-order chi connectivity index (χ0) is 8.55. The maximum absolute atomic E-state index is 9.38. The zero-order valence-corrected chi connectivity index (χ0v) is 6.82. The average molecular weight is 162 g/mol. The van der Waals surface area contributed by atoms with Gasteiger partial charge in [-0.15, -0.1) is 0 Å². The highest BCUT2D eigenvalue weighted by molar-refractivity contribution is 5.80. The number of aliphatic hydroxyl groups excluding tert-OH is 1. The van der Waals surface area contributed by atoms with Crippen molar-refractivity contribution in [2.75, 3.05) is 0 Å². The molecule has 0 spiro atoms. The average Bonchev–Trinajstić information content (AvgIpc) is 2.49. The van der Waals surface area contributed by atoms with Gasteiger partial charge in [0, 0.05) is 10.9 Å². The van der Waals surface area contributed by atoms with Crippen LogP contribution in [0.3, 0.4) is 0 Å². The van der Waals surface area contributed by atoms with Gasteiger partial charge in [0.25, 0.3) is 0 Å². The molecule has 2 aromatic rings. The molecule has 2 heteroatoms. The quantitative estimate of drug-likeness (QED) is 0.698. The minimum Gasteiger partial charge on any atom is -0.464 e. The number of aliphatic hydroxyl groups is 1. The van der Waals surface area contributed by atoms with Gasteiger partial charge in [-0.1, -0.05) is 18.2 Å². The second kappa shape index (κ2) is 2.64. The highest BCUT2D eigenvalue weighted by Gasteiger charge is 2.07. The van der Waals surface area contributed by atoms with Gasteiger partial charge >= 0.3 is 0 Å². The van der Waals surface area contributed by atoms with Gasteiger partial charge in [-0.25, -0.2) is 0 Å². The summed E-state index contributed by atoms with van der Waals surface area (Å²) in [5.41, 5.74) is 1.63. The summed E-state index contributed by atoms with van der Waals surface area (Å²) in [5.74, 6) is 0. The molecule has 0 amide bonds. The van der Waals surface area contributed by atoms with Crippen LogP contribution in [-0.2, 0) is 0 Å².